The van der Waals surface area contributed by atoms with E-state index in [-0.39, 0.29) is 17.4 Å². The zero-order chi connectivity index (χ0) is 12.8. The molecule has 0 bridgehead atoms. The Hall–Kier alpha value is -0.870. The standard InChI is InChI=1S/C14H17BrN2O/c15-11-3-1-10(2-4-11)14(6-7-14)13(18)17-8-5-12(16)9-17/h1-4,12H,5-9,16H2. The van der Waals surface area contributed by atoms with Crippen LogP contribution in [0.25, 0.3) is 0 Å². The number of hydrogen-bond donors (Lipinski definition) is 1. The fourth-order valence-electron chi connectivity index (χ4n) is 2.79. The molecule has 2 aliphatic rings. The number of amides is 1. The lowest BCUT2D eigenvalue weighted by atomic mass is 9.94. The summed E-state index contributed by atoms with van der Waals surface area (Å²) in [6.45, 7) is 1.54. The highest BCUT2D eigenvalue weighted by atomic mass is 79.9. The third-order valence-electron chi connectivity index (χ3n) is 4.07. The molecule has 2 fully saturated rings. The Kier molecular flexibility index (Phi) is 2.94. The maximum absolute atomic E-state index is 12.6. The van der Waals surface area contributed by atoms with Crippen LogP contribution < -0.4 is 5.73 Å². The number of nitrogens with two attached hydrogens (primary N) is 1. The van der Waals surface area contributed by atoms with Crippen LogP contribution in [-0.4, -0.2) is 29.9 Å². The minimum absolute atomic E-state index is 0.162. The molecule has 1 aromatic rings. The Morgan fingerprint density at radius 2 is 2.00 bits per heavy atom. The Labute approximate surface area is 115 Å². The van der Waals surface area contributed by atoms with Gasteiger partial charge in [-0.3, -0.25) is 4.79 Å². The minimum Gasteiger partial charge on any atom is -0.340 e. The summed E-state index contributed by atoms with van der Waals surface area (Å²) in [6.07, 6.45) is 2.88. The summed E-state index contributed by atoms with van der Waals surface area (Å²) in [6, 6.07) is 8.31. The van der Waals surface area contributed by atoms with Gasteiger partial charge in [-0.15, -0.1) is 0 Å². The van der Waals surface area contributed by atoms with Gasteiger partial charge < -0.3 is 10.6 Å². The first kappa shape index (κ1) is 12.2. The first-order chi connectivity index (χ1) is 8.62. The lowest BCUT2D eigenvalue weighted by Crippen LogP contribution is -2.39. The zero-order valence-electron chi connectivity index (χ0n) is 10.2. The van der Waals surface area contributed by atoms with Gasteiger partial charge in [0.25, 0.3) is 0 Å². The molecular formula is C14H17BrN2O. The summed E-state index contributed by atoms with van der Waals surface area (Å²) in [4.78, 5) is 14.6. The largest absolute Gasteiger partial charge is 0.340 e. The summed E-state index contributed by atoms with van der Waals surface area (Å²) in [5.41, 5.74) is 6.79. The third kappa shape index (κ3) is 1.97. The van der Waals surface area contributed by atoms with Crippen LogP contribution in [0.2, 0.25) is 0 Å². The van der Waals surface area contributed by atoms with Crippen LogP contribution >= 0.6 is 15.9 Å². The highest BCUT2D eigenvalue weighted by molar-refractivity contribution is 9.10. The van der Waals surface area contributed by atoms with Gasteiger partial charge in [0.15, 0.2) is 0 Å². The molecule has 1 heterocycles. The highest BCUT2D eigenvalue weighted by Crippen LogP contribution is 2.50. The quantitative estimate of drug-likeness (QED) is 0.909. The van der Waals surface area contributed by atoms with Crippen LogP contribution in [0.15, 0.2) is 28.7 Å². The van der Waals surface area contributed by atoms with E-state index in [1.165, 1.54) is 0 Å². The summed E-state index contributed by atoms with van der Waals surface area (Å²) >= 11 is 3.43. The molecule has 0 radical (unpaired) electrons. The van der Waals surface area contributed by atoms with Gasteiger partial charge >= 0.3 is 0 Å². The Morgan fingerprint density at radius 1 is 1.33 bits per heavy atom. The van der Waals surface area contributed by atoms with Crippen molar-refractivity contribution >= 4 is 21.8 Å². The van der Waals surface area contributed by atoms with Gasteiger partial charge in [0.05, 0.1) is 5.41 Å². The molecule has 2 N–H and O–H groups in total. The molecule has 3 nitrogen and oxygen atoms in total. The number of nitrogens with zero attached hydrogens (tertiary/aromatic N) is 1. The molecule has 1 unspecified atom stereocenters. The number of carbonyl (C=O) groups is 1. The van der Waals surface area contributed by atoms with Crippen LogP contribution in [0.4, 0.5) is 0 Å². The maximum Gasteiger partial charge on any atom is 0.233 e. The van der Waals surface area contributed by atoms with Crippen molar-refractivity contribution in [1.82, 2.24) is 4.90 Å². The first-order valence-electron chi connectivity index (χ1n) is 6.43. The van der Waals surface area contributed by atoms with Crippen LogP contribution in [0.5, 0.6) is 0 Å². The van der Waals surface area contributed by atoms with Crippen molar-refractivity contribution in [2.45, 2.75) is 30.7 Å². The van der Waals surface area contributed by atoms with Crippen LogP contribution in [0, 0.1) is 0 Å². The van der Waals surface area contributed by atoms with Gasteiger partial charge in [-0.25, -0.2) is 0 Å². The van der Waals surface area contributed by atoms with E-state index < -0.39 is 0 Å². The van der Waals surface area contributed by atoms with Crippen LogP contribution in [0.1, 0.15) is 24.8 Å². The second-order valence-electron chi connectivity index (χ2n) is 5.39. The monoisotopic (exact) mass is 308 g/mol. The number of hydrogen-bond acceptors (Lipinski definition) is 2. The van der Waals surface area contributed by atoms with Gasteiger partial charge in [0.1, 0.15) is 0 Å². The second-order valence-corrected chi connectivity index (χ2v) is 6.30. The summed E-state index contributed by atoms with van der Waals surface area (Å²) in [5, 5.41) is 0. The predicted molar refractivity (Wildman–Crippen MR) is 74.2 cm³/mol. The second kappa shape index (κ2) is 4.35. The summed E-state index contributed by atoms with van der Waals surface area (Å²) < 4.78 is 1.05. The topological polar surface area (TPSA) is 46.3 Å². The van der Waals surface area contributed by atoms with E-state index in [1.54, 1.807) is 0 Å². The average molecular weight is 309 g/mol. The minimum atomic E-state index is -0.245. The molecule has 1 saturated heterocycles. The van der Waals surface area contributed by atoms with Crippen LogP contribution in [-0.2, 0) is 10.2 Å². The van der Waals surface area contributed by atoms with Crippen molar-refractivity contribution < 1.29 is 4.79 Å². The summed E-state index contributed by atoms with van der Waals surface area (Å²) in [7, 11) is 0. The summed E-state index contributed by atoms with van der Waals surface area (Å²) in [5.74, 6) is 0.276. The van der Waals surface area contributed by atoms with Gasteiger partial charge in [0.2, 0.25) is 5.91 Å². The first-order valence-corrected chi connectivity index (χ1v) is 7.22. The van der Waals surface area contributed by atoms with Crippen molar-refractivity contribution in [3.63, 3.8) is 0 Å². The van der Waals surface area contributed by atoms with Crippen molar-refractivity contribution in [2.75, 3.05) is 13.1 Å². The molecule has 0 spiro atoms. The normalized spacial score (nSPS) is 25.2. The molecule has 96 valence electrons. The fraction of sp³-hybridized carbons (Fsp3) is 0.500. The molecule has 1 aromatic carbocycles. The van der Waals surface area contributed by atoms with Crippen molar-refractivity contribution in [3.05, 3.63) is 34.3 Å². The Bertz CT molecular complexity index is 467. The van der Waals surface area contributed by atoms with Gasteiger partial charge in [0, 0.05) is 23.6 Å². The van der Waals surface area contributed by atoms with Crippen molar-refractivity contribution in [3.8, 4) is 0 Å². The number of benzene rings is 1. The average Bonchev–Trinajstić information content (AvgIpc) is 3.06. The third-order valence-corrected chi connectivity index (χ3v) is 4.60. The van der Waals surface area contributed by atoms with Gasteiger partial charge in [-0.2, -0.15) is 0 Å². The smallest absolute Gasteiger partial charge is 0.233 e. The lowest BCUT2D eigenvalue weighted by molar-refractivity contribution is -0.132. The van der Waals surface area contributed by atoms with Crippen LogP contribution in [0.3, 0.4) is 0 Å². The van der Waals surface area contributed by atoms with Crippen molar-refractivity contribution in [1.29, 1.82) is 0 Å². The molecular weight excluding hydrogens is 292 g/mol. The molecule has 1 amide bonds. The van der Waals surface area contributed by atoms with E-state index in [0.717, 1.165) is 42.4 Å². The molecule has 1 aliphatic carbocycles. The number of rotatable bonds is 2. The lowest BCUT2D eigenvalue weighted by Gasteiger charge is -2.23. The highest BCUT2D eigenvalue weighted by Gasteiger charge is 2.53. The number of likely N-dealkylation sites (tertiary alicyclic amines) is 1. The molecule has 4 heteroatoms. The zero-order valence-corrected chi connectivity index (χ0v) is 11.8. The van der Waals surface area contributed by atoms with Crippen molar-refractivity contribution in [2.24, 2.45) is 5.73 Å². The molecule has 1 atom stereocenters. The molecule has 18 heavy (non-hydrogen) atoms. The van der Waals surface area contributed by atoms with E-state index in [4.69, 9.17) is 5.73 Å². The van der Waals surface area contributed by atoms with E-state index in [0.29, 0.717) is 0 Å². The van der Waals surface area contributed by atoms with E-state index in [2.05, 4.69) is 28.1 Å². The maximum atomic E-state index is 12.6. The van der Waals surface area contributed by atoms with Gasteiger partial charge in [-0.05, 0) is 37.0 Å². The number of carbonyl (C=O) groups excluding carboxylic acids is 1. The Morgan fingerprint density at radius 3 is 2.50 bits per heavy atom. The molecule has 0 aromatic heterocycles. The van der Waals surface area contributed by atoms with E-state index in [1.807, 2.05) is 17.0 Å². The SMILES string of the molecule is NC1CCN(C(=O)C2(c3ccc(Br)cc3)CC2)C1. The fourth-order valence-corrected chi connectivity index (χ4v) is 3.06. The number of halogens is 1. The molecule has 3 rings (SSSR count). The van der Waals surface area contributed by atoms with E-state index in [9.17, 15) is 4.79 Å². The molecule has 1 aliphatic heterocycles. The predicted octanol–water partition coefficient (Wildman–Crippen LogP) is 2.04. The Balaban J connectivity index is 1.82. The molecule has 1 saturated carbocycles. The van der Waals surface area contributed by atoms with Gasteiger partial charge in [-0.1, -0.05) is 28.1 Å². The van der Waals surface area contributed by atoms with E-state index >= 15 is 0 Å².